The van der Waals surface area contributed by atoms with Gasteiger partial charge in [-0.3, -0.25) is 0 Å². The lowest BCUT2D eigenvalue weighted by Crippen LogP contribution is -1.87. The standard InChI is InChI=1S/C43H25N.C35H21N.C24H15N3/c1-3-7-26-22-36-28(19-24(26)5-1)9-10-30-21-31-11-13-32-33-16-18-39-42(35(33)15-14-34(32)40(31)41(30)36)43-37-23-27-8-4-2-6-25(27)20-29(37)12-17-38(43)44-39;1-3-7-24-20(5-1)9-10-22-19-23-11-13-26-27-16-18-31-35(29(27)15-14-28(26)33(23)32(22)24)34-25-8-4-2-6-21(25)12-17-30(34)36-31;1-3-7-19-13(5-1)15-9-17-18-10-16-14-6-2-4-8-20(14)26-22(16)12-24(18)27-23(17)11-21(15)25-19/h1-20,22-23,44H,21H2;1-18,36H,19H2;1-12,25-27H. The Morgan fingerprint density at radius 3 is 0.972 bits per heavy atom. The molecule has 2 aliphatic rings. The summed E-state index contributed by atoms with van der Waals surface area (Å²) >= 11 is 0. The van der Waals surface area contributed by atoms with Gasteiger partial charge in [0, 0.05) is 109 Å². The lowest BCUT2D eigenvalue weighted by atomic mass is 9.90. The highest BCUT2D eigenvalue weighted by molar-refractivity contribution is 6.34. The van der Waals surface area contributed by atoms with Crippen LogP contribution in [-0.4, -0.2) is 24.9 Å². The molecule has 0 unspecified atom stereocenters. The first-order chi connectivity index (χ1) is 53.0. The van der Waals surface area contributed by atoms with Crippen LogP contribution in [0.3, 0.4) is 0 Å². The number of para-hydroxylation sites is 2. The number of rotatable bonds is 0. The molecular formula is C102H61N5. The molecule has 27 rings (SSSR count). The van der Waals surface area contributed by atoms with E-state index in [0.717, 1.165) is 12.8 Å². The van der Waals surface area contributed by atoms with E-state index in [-0.39, 0.29) is 0 Å². The summed E-state index contributed by atoms with van der Waals surface area (Å²) in [5, 5.41) is 39.3. The molecule has 5 heterocycles. The van der Waals surface area contributed by atoms with Gasteiger partial charge in [0.25, 0.3) is 0 Å². The average molecular weight is 1360 g/mol. The Hall–Kier alpha value is -14.0. The minimum Gasteiger partial charge on any atom is -0.354 e. The molecule has 0 bridgehead atoms. The quantitative estimate of drug-likeness (QED) is 0.0741. The van der Waals surface area contributed by atoms with E-state index in [9.17, 15) is 0 Å². The van der Waals surface area contributed by atoms with Crippen LogP contribution in [0.15, 0.2) is 315 Å². The van der Waals surface area contributed by atoms with Crippen LogP contribution in [0.2, 0.25) is 0 Å². The molecule has 2 aliphatic carbocycles. The smallest absolute Gasteiger partial charge is 0.0486 e. The van der Waals surface area contributed by atoms with Crippen molar-refractivity contribution in [1.29, 1.82) is 0 Å². The van der Waals surface area contributed by atoms with Crippen LogP contribution in [0.5, 0.6) is 0 Å². The van der Waals surface area contributed by atoms with E-state index in [4.69, 9.17) is 0 Å². The lowest BCUT2D eigenvalue weighted by molar-refractivity contribution is 1.27. The molecule has 5 N–H and O–H groups in total. The summed E-state index contributed by atoms with van der Waals surface area (Å²) in [6.07, 6.45) is 2.00. The first-order valence-electron chi connectivity index (χ1n) is 37.4. The molecule has 0 amide bonds. The second-order valence-corrected chi connectivity index (χ2v) is 30.1. The van der Waals surface area contributed by atoms with Gasteiger partial charge in [0.05, 0.1) is 0 Å². The number of aromatic nitrogens is 5. The van der Waals surface area contributed by atoms with E-state index in [1.54, 1.807) is 0 Å². The molecule has 0 fully saturated rings. The number of nitrogens with one attached hydrogen (secondary N) is 5. The van der Waals surface area contributed by atoms with Gasteiger partial charge in [-0.2, -0.15) is 0 Å². The first-order valence-corrected chi connectivity index (χ1v) is 37.4. The summed E-state index contributed by atoms with van der Waals surface area (Å²) < 4.78 is 0. The van der Waals surface area contributed by atoms with Gasteiger partial charge < -0.3 is 24.9 Å². The molecule has 5 nitrogen and oxygen atoms in total. The second-order valence-electron chi connectivity index (χ2n) is 30.1. The maximum absolute atomic E-state index is 3.75. The number of hydrogen-bond acceptors (Lipinski definition) is 0. The molecule has 0 radical (unpaired) electrons. The Balaban J connectivity index is 0.0000000952. The number of H-pyrrole nitrogens is 5. The molecule has 0 saturated carbocycles. The fourth-order valence-corrected chi connectivity index (χ4v) is 19.8. The van der Waals surface area contributed by atoms with Crippen LogP contribution in [0, 0.1) is 0 Å². The summed E-state index contributed by atoms with van der Waals surface area (Å²) in [4.78, 5) is 18.1. The highest BCUT2D eigenvalue weighted by atomic mass is 14.8. The van der Waals surface area contributed by atoms with Crippen LogP contribution < -0.4 is 0 Å². The van der Waals surface area contributed by atoms with Crippen molar-refractivity contribution in [2.45, 2.75) is 12.8 Å². The topological polar surface area (TPSA) is 78.9 Å². The van der Waals surface area contributed by atoms with Gasteiger partial charge in [-0.05, 0) is 250 Å². The minimum atomic E-state index is 0.989. The lowest BCUT2D eigenvalue weighted by Gasteiger charge is -2.13. The fraction of sp³-hybridized carbons (Fsp3) is 0.0196. The van der Waals surface area contributed by atoms with E-state index in [1.807, 2.05) is 0 Å². The van der Waals surface area contributed by atoms with Crippen molar-refractivity contribution >= 4 is 217 Å². The normalized spacial score (nSPS) is 12.8. The van der Waals surface area contributed by atoms with Crippen molar-refractivity contribution in [2.24, 2.45) is 0 Å². The molecule has 107 heavy (non-hydrogen) atoms. The molecule has 20 aromatic carbocycles. The fourth-order valence-electron chi connectivity index (χ4n) is 19.8. The minimum absolute atomic E-state index is 0.989. The summed E-state index contributed by atoms with van der Waals surface area (Å²) in [7, 11) is 0. The van der Waals surface area contributed by atoms with Crippen LogP contribution in [0.25, 0.3) is 239 Å². The summed E-state index contributed by atoms with van der Waals surface area (Å²) in [5.74, 6) is 0. The Labute approximate surface area is 610 Å². The van der Waals surface area contributed by atoms with Crippen molar-refractivity contribution < 1.29 is 0 Å². The molecule has 0 aliphatic heterocycles. The highest BCUT2D eigenvalue weighted by Gasteiger charge is 2.27. The molecule has 494 valence electrons. The number of hydrogen-bond donors (Lipinski definition) is 5. The molecule has 25 aromatic rings. The predicted octanol–water partition coefficient (Wildman–Crippen LogP) is 27.9. The average Bonchev–Trinajstić information content (AvgIpc) is 1.62. The Bertz CT molecular complexity index is 8210. The monoisotopic (exact) mass is 1360 g/mol. The van der Waals surface area contributed by atoms with E-state index in [0.29, 0.717) is 0 Å². The first kappa shape index (κ1) is 57.5. The number of benzene rings is 20. The molecule has 0 spiro atoms. The van der Waals surface area contributed by atoms with Crippen molar-refractivity contribution in [3.8, 4) is 22.3 Å². The molecule has 0 saturated heterocycles. The molecule has 5 heteroatoms. The maximum Gasteiger partial charge on any atom is 0.0486 e. The largest absolute Gasteiger partial charge is 0.354 e. The summed E-state index contributed by atoms with van der Waals surface area (Å²) in [6, 6.07) is 117. The summed E-state index contributed by atoms with van der Waals surface area (Å²) in [5.41, 5.74) is 23.2. The predicted molar refractivity (Wildman–Crippen MR) is 458 cm³/mol. The van der Waals surface area contributed by atoms with Crippen LogP contribution in [0.4, 0.5) is 0 Å². The third-order valence-electron chi connectivity index (χ3n) is 24.5. The van der Waals surface area contributed by atoms with Gasteiger partial charge in [0.1, 0.15) is 0 Å². The number of aromatic amines is 5. The summed E-state index contributed by atoms with van der Waals surface area (Å²) in [6.45, 7) is 0. The molecule has 5 aromatic heterocycles. The highest BCUT2D eigenvalue weighted by Crippen LogP contribution is 2.51. The van der Waals surface area contributed by atoms with Gasteiger partial charge in [-0.25, -0.2) is 0 Å². The third kappa shape index (κ3) is 8.17. The Morgan fingerprint density at radius 2 is 0.439 bits per heavy atom. The zero-order valence-corrected chi connectivity index (χ0v) is 57.9. The molecular weight excluding hydrogens is 1300 g/mol. The van der Waals surface area contributed by atoms with Crippen LogP contribution in [-0.2, 0) is 12.8 Å². The Kier molecular flexibility index (Phi) is 11.5. The van der Waals surface area contributed by atoms with Crippen molar-refractivity contribution in [3.05, 3.63) is 338 Å². The van der Waals surface area contributed by atoms with Crippen LogP contribution >= 0.6 is 0 Å². The maximum atomic E-state index is 3.75. The van der Waals surface area contributed by atoms with Gasteiger partial charge in [-0.15, -0.1) is 0 Å². The van der Waals surface area contributed by atoms with Crippen LogP contribution in [0.1, 0.15) is 22.3 Å². The number of fused-ring (bicyclic) bond motifs is 41. The Morgan fingerprint density at radius 1 is 0.140 bits per heavy atom. The van der Waals surface area contributed by atoms with Gasteiger partial charge >= 0.3 is 0 Å². The third-order valence-corrected chi connectivity index (χ3v) is 24.5. The van der Waals surface area contributed by atoms with Crippen molar-refractivity contribution in [3.63, 3.8) is 0 Å². The van der Waals surface area contributed by atoms with Gasteiger partial charge in [-0.1, -0.05) is 231 Å². The van der Waals surface area contributed by atoms with E-state index < -0.39 is 0 Å². The van der Waals surface area contributed by atoms with Gasteiger partial charge in [0.15, 0.2) is 0 Å². The molecule has 0 atom stereocenters. The van der Waals surface area contributed by atoms with E-state index in [2.05, 4.69) is 340 Å². The second kappa shape index (κ2) is 21.3. The zero-order valence-electron chi connectivity index (χ0n) is 57.9. The van der Waals surface area contributed by atoms with Crippen molar-refractivity contribution in [2.75, 3.05) is 0 Å². The SMILES string of the molecule is c1ccc2c(c1)[nH]c1cc3[nH]c4cc5[nH]c6ccccc6c5cc4c3cc12.c1ccc2c3c(ccc2c1)Cc1ccc2c(ccc4c2ccc2[nH]c5ccc6ccccc6c5c24)c1-3.c1ccc2cc3c4c(ccc3cc2c1)Cc1ccc2c(ccc3c2ccc2[nH]c5ccc6cc7ccccc7cc6c5c23)c1-4. The van der Waals surface area contributed by atoms with Gasteiger partial charge in [0.2, 0.25) is 0 Å². The van der Waals surface area contributed by atoms with E-state index >= 15 is 0 Å². The zero-order chi connectivity index (χ0) is 69.4. The van der Waals surface area contributed by atoms with E-state index in [1.165, 1.54) is 261 Å². The van der Waals surface area contributed by atoms with Crippen molar-refractivity contribution in [1.82, 2.24) is 24.9 Å².